The zero-order chi connectivity index (χ0) is 11.3. The van der Waals surface area contributed by atoms with Crippen LogP contribution in [0.25, 0.3) is 0 Å². The summed E-state index contributed by atoms with van der Waals surface area (Å²) in [7, 11) is 0. The number of hydrogen-bond donors (Lipinski definition) is 3. The fraction of sp³-hybridized carbons (Fsp3) is 0. The van der Waals surface area contributed by atoms with Gasteiger partial charge in [0.1, 0.15) is 0 Å². The Kier molecular flexibility index (Phi) is 3.88. The Morgan fingerprint density at radius 3 is 2.87 bits per heavy atom. The van der Waals surface area contributed by atoms with Gasteiger partial charge in [-0.05, 0) is 18.2 Å². The van der Waals surface area contributed by atoms with Crippen LogP contribution in [0, 0.1) is 5.41 Å². The molecule has 0 fully saturated rings. The van der Waals surface area contributed by atoms with Crippen molar-refractivity contribution in [3.63, 3.8) is 0 Å². The molecule has 0 atom stereocenters. The van der Waals surface area contributed by atoms with Gasteiger partial charge in [0.25, 0.3) is 0 Å². The van der Waals surface area contributed by atoms with Crippen molar-refractivity contribution in [3.05, 3.63) is 41.1 Å². The lowest BCUT2D eigenvalue weighted by atomic mass is 10.2. The fourth-order valence-electron chi connectivity index (χ4n) is 1.03. The van der Waals surface area contributed by atoms with Crippen molar-refractivity contribution in [2.24, 2.45) is 0 Å². The quantitative estimate of drug-likeness (QED) is 0.689. The van der Waals surface area contributed by atoms with E-state index in [2.05, 4.69) is 5.32 Å². The second-order valence-electron chi connectivity index (χ2n) is 2.64. The average Bonchev–Trinajstić information content (AvgIpc) is 2.20. The van der Waals surface area contributed by atoms with Gasteiger partial charge in [0, 0.05) is 12.4 Å². The Morgan fingerprint density at radius 1 is 1.53 bits per heavy atom. The van der Waals surface area contributed by atoms with E-state index in [-0.39, 0.29) is 5.56 Å². The zero-order valence-electron chi connectivity index (χ0n) is 7.70. The molecule has 1 rings (SSSR count). The monoisotopic (exact) mass is 224 g/mol. The minimum atomic E-state index is -1.05. The predicted octanol–water partition coefficient (Wildman–Crippen LogP) is 2.61. The number of carboxylic acid groups (broad SMARTS) is 1. The number of hydrogen-bond acceptors (Lipinski definition) is 3. The molecule has 1 aromatic carbocycles. The van der Waals surface area contributed by atoms with Crippen LogP contribution >= 0.6 is 11.6 Å². The van der Waals surface area contributed by atoms with E-state index in [1.165, 1.54) is 18.3 Å². The van der Waals surface area contributed by atoms with Gasteiger partial charge in [0.15, 0.2) is 0 Å². The summed E-state index contributed by atoms with van der Waals surface area (Å²) in [6, 6.07) is 4.61. The molecule has 0 saturated heterocycles. The van der Waals surface area contributed by atoms with Crippen LogP contribution in [0.1, 0.15) is 10.4 Å². The number of benzene rings is 1. The molecule has 78 valence electrons. The molecule has 0 aliphatic carbocycles. The number of halogens is 1. The van der Waals surface area contributed by atoms with Gasteiger partial charge in [-0.15, -0.1) is 0 Å². The standard InChI is InChI=1S/C10H9ClN2O2/c11-8-4-1-3-7(10(14)15)9(8)13-6-2-5-12/h1-6,12-13H,(H,14,15)/b6-2-,12-5?. The zero-order valence-corrected chi connectivity index (χ0v) is 8.45. The van der Waals surface area contributed by atoms with Gasteiger partial charge in [-0.1, -0.05) is 17.7 Å². The summed E-state index contributed by atoms with van der Waals surface area (Å²) in [6.07, 6.45) is 3.94. The first-order valence-corrected chi connectivity index (χ1v) is 4.48. The lowest BCUT2D eigenvalue weighted by Gasteiger charge is -2.07. The molecule has 0 unspecified atom stereocenters. The Bertz CT molecular complexity index is 416. The van der Waals surface area contributed by atoms with E-state index in [4.69, 9.17) is 22.1 Å². The van der Waals surface area contributed by atoms with Crippen LogP contribution in [-0.2, 0) is 0 Å². The molecule has 0 saturated carbocycles. The third kappa shape index (κ3) is 2.82. The molecule has 0 radical (unpaired) electrons. The molecule has 0 aliphatic rings. The topological polar surface area (TPSA) is 73.2 Å². The van der Waals surface area contributed by atoms with Gasteiger partial charge in [0.05, 0.1) is 16.3 Å². The summed E-state index contributed by atoms with van der Waals surface area (Å²) in [5.74, 6) is -1.05. The summed E-state index contributed by atoms with van der Waals surface area (Å²) in [6.45, 7) is 0. The molecule has 0 heterocycles. The number of aromatic carboxylic acids is 1. The molecule has 15 heavy (non-hydrogen) atoms. The highest BCUT2D eigenvalue weighted by molar-refractivity contribution is 6.34. The smallest absolute Gasteiger partial charge is 0.337 e. The van der Waals surface area contributed by atoms with Crippen LogP contribution in [0.3, 0.4) is 0 Å². The summed E-state index contributed by atoms with van der Waals surface area (Å²) in [5.41, 5.74) is 0.418. The first-order valence-electron chi connectivity index (χ1n) is 4.10. The van der Waals surface area contributed by atoms with Crippen molar-refractivity contribution in [1.29, 1.82) is 5.41 Å². The summed E-state index contributed by atoms with van der Waals surface area (Å²) in [4.78, 5) is 10.8. The second-order valence-corrected chi connectivity index (χ2v) is 3.04. The van der Waals surface area contributed by atoms with E-state index in [1.807, 2.05) is 0 Å². The number of allylic oxidation sites excluding steroid dienone is 1. The lowest BCUT2D eigenvalue weighted by Crippen LogP contribution is -2.02. The van der Waals surface area contributed by atoms with E-state index < -0.39 is 5.97 Å². The normalized spacial score (nSPS) is 10.2. The molecule has 1 aromatic rings. The van der Waals surface area contributed by atoms with Gasteiger partial charge in [0.2, 0.25) is 0 Å². The van der Waals surface area contributed by atoms with E-state index in [1.54, 1.807) is 12.1 Å². The van der Waals surface area contributed by atoms with Crippen LogP contribution < -0.4 is 5.32 Å². The Labute approximate surface area is 91.7 Å². The highest BCUT2D eigenvalue weighted by Crippen LogP contribution is 2.25. The van der Waals surface area contributed by atoms with Gasteiger partial charge in [-0.2, -0.15) is 0 Å². The van der Waals surface area contributed by atoms with E-state index >= 15 is 0 Å². The van der Waals surface area contributed by atoms with Gasteiger partial charge in [-0.25, -0.2) is 4.79 Å². The highest BCUT2D eigenvalue weighted by Gasteiger charge is 2.11. The molecule has 0 aromatic heterocycles. The maximum absolute atomic E-state index is 10.8. The van der Waals surface area contributed by atoms with E-state index in [9.17, 15) is 4.79 Å². The van der Waals surface area contributed by atoms with Gasteiger partial charge < -0.3 is 15.8 Å². The van der Waals surface area contributed by atoms with Crippen molar-refractivity contribution in [1.82, 2.24) is 0 Å². The number of anilines is 1. The van der Waals surface area contributed by atoms with E-state index in [0.29, 0.717) is 10.7 Å². The van der Waals surface area contributed by atoms with Crippen molar-refractivity contribution in [2.75, 3.05) is 5.32 Å². The molecule has 3 N–H and O–H groups in total. The third-order valence-corrected chi connectivity index (χ3v) is 1.98. The average molecular weight is 225 g/mol. The number of rotatable bonds is 4. The molecule has 4 nitrogen and oxygen atoms in total. The molecule has 0 amide bonds. The van der Waals surface area contributed by atoms with Crippen LogP contribution in [0.5, 0.6) is 0 Å². The van der Waals surface area contributed by atoms with E-state index in [0.717, 1.165) is 6.21 Å². The fourth-order valence-corrected chi connectivity index (χ4v) is 1.26. The maximum Gasteiger partial charge on any atom is 0.337 e. The van der Waals surface area contributed by atoms with Crippen molar-refractivity contribution in [3.8, 4) is 0 Å². The first-order chi connectivity index (χ1) is 7.16. The molecule has 0 aliphatic heterocycles. The predicted molar refractivity (Wildman–Crippen MR) is 60.0 cm³/mol. The van der Waals surface area contributed by atoms with Crippen LogP contribution in [0.4, 0.5) is 5.69 Å². The summed E-state index contributed by atoms with van der Waals surface area (Å²) < 4.78 is 0. The molecule has 5 heteroatoms. The third-order valence-electron chi connectivity index (χ3n) is 1.66. The minimum absolute atomic E-state index is 0.0946. The molecular weight excluding hydrogens is 216 g/mol. The maximum atomic E-state index is 10.8. The lowest BCUT2D eigenvalue weighted by molar-refractivity contribution is 0.0698. The van der Waals surface area contributed by atoms with Crippen molar-refractivity contribution >= 4 is 29.5 Å². The number of nitrogens with one attached hydrogen (secondary N) is 2. The Morgan fingerprint density at radius 2 is 2.27 bits per heavy atom. The molecule has 0 bridgehead atoms. The van der Waals surface area contributed by atoms with Crippen molar-refractivity contribution < 1.29 is 9.90 Å². The second kappa shape index (κ2) is 5.17. The Balaban J connectivity index is 3.07. The van der Waals surface area contributed by atoms with Gasteiger partial charge >= 0.3 is 5.97 Å². The SMILES string of the molecule is N=C/C=C\Nc1c(Cl)cccc1C(=O)O. The van der Waals surface area contributed by atoms with Crippen LogP contribution in [0.15, 0.2) is 30.5 Å². The van der Waals surface area contributed by atoms with Crippen LogP contribution in [-0.4, -0.2) is 17.3 Å². The van der Waals surface area contributed by atoms with Gasteiger partial charge in [-0.3, -0.25) is 0 Å². The largest absolute Gasteiger partial charge is 0.478 e. The first kappa shape index (κ1) is 11.3. The number of para-hydroxylation sites is 1. The highest BCUT2D eigenvalue weighted by atomic mass is 35.5. The summed E-state index contributed by atoms with van der Waals surface area (Å²) >= 11 is 5.84. The Hall–Kier alpha value is -1.81. The molecule has 0 spiro atoms. The van der Waals surface area contributed by atoms with Crippen molar-refractivity contribution in [2.45, 2.75) is 0 Å². The number of carbonyl (C=O) groups is 1. The van der Waals surface area contributed by atoms with Crippen LogP contribution in [0.2, 0.25) is 5.02 Å². The molecular formula is C10H9ClN2O2. The minimum Gasteiger partial charge on any atom is -0.478 e. The number of carboxylic acids is 1. The summed E-state index contributed by atoms with van der Waals surface area (Å²) in [5, 5.41) is 18.7.